The molecule has 0 aromatic heterocycles. The van der Waals surface area contributed by atoms with Crippen LogP contribution in [0.1, 0.15) is 11.1 Å². The molecule has 1 aliphatic heterocycles. The van der Waals surface area contributed by atoms with E-state index >= 15 is 0 Å². The molecule has 1 amide bonds. The van der Waals surface area contributed by atoms with Gasteiger partial charge in [0, 0.05) is 19.6 Å². The number of nitrogens with zero attached hydrogens (tertiary/aromatic N) is 1. The van der Waals surface area contributed by atoms with E-state index in [0.29, 0.717) is 32.1 Å². The van der Waals surface area contributed by atoms with E-state index < -0.39 is 10.0 Å². The van der Waals surface area contributed by atoms with Crippen molar-refractivity contribution >= 4 is 15.9 Å². The molecule has 1 heterocycles. The molecule has 0 spiro atoms. The fourth-order valence-corrected chi connectivity index (χ4v) is 3.60. The SMILES string of the molecule is Cc1ccc(OCC(=O)NCCS(=O)(=O)N2CCOCC2)cc1C. The van der Waals surface area contributed by atoms with Crippen LogP contribution in [0.2, 0.25) is 0 Å². The van der Waals surface area contributed by atoms with Crippen LogP contribution in [0.25, 0.3) is 0 Å². The van der Waals surface area contributed by atoms with E-state index in [4.69, 9.17) is 9.47 Å². The number of nitrogens with one attached hydrogen (secondary N) is 1. The molecular formula is C16H24N2O5S. The molecule has 1 fully saturated rings. The molecule has 0 radical (unpaired) electrons. The summed E-state index contributed by atoms with van der Waals surface area (Å²) in [6.45, 7) is 5.46. The van der Waals surface area contributed by atoms with Crippen LogP contribution >= 0.6 is 0 Å². The van der Waals surface area contributed by atoms with E-state index in [1.807, 2.05) is 26.0 Å². The molecule has 7 nitrogen and oxygen atoms in total. The van der Waals surface area contributed by atoms with Crippen molar-refractivity contribution in [3.8, 4) is 5.75 Å². The predicted octanol–water partition coefficient (Wildman–Crippen LogP) is 0.460. The second kappa shape index (κ2) is 8.46. The van der Waals surface area contributed by atoms with Gasteiger partial charge in [-0.15, -0.1) is 0 Å². The lowest BCUT2D eigenvalue weighted by Gasteiger charge is -2.26. The van der Waals surface area contributed by atoms with E-state index in [0.717, 1.165) is 11.1 Å². The molecular weight excluding hydrogens is 332 g/mol. The Kier molecular flexibility index (Phi) is 6.59. The molecule has 134 valence electrons. The van der Waals surface area contributed by atoms with Crippen LogP contribution in [0, 0.1) is 13.8 Å². The summed E-state index contributed by atoms with van der Waals surface area (Å²) in [5.74, 6) is 0.155. The summed E-state index contributed by atoms with van der Waals surface area (Å²) in [5.41, 5.74) is 2.24. The maximum atomic E-state index is 12.1. The molecule has 0 unspecified atom stereocenters. The van der Waals surface area contributed by atoms with Gasteiger partial charge in [0.25, 0.3) is 5.91 Å². The van der Waals surface area contributed by atoms with Crippen LogP contribution in [0.15, 0.2) is 18.2 Å². The van der Waals surface area contributed by atoms with Gasteiger partial charge in [-0.3, -0.25) is 4.79 Å². The number of rotatable bonds is 7. The summed E-state index contributed by atoms with van der Waals surface area (Å²) in [4.78, 5) is 11.8. The van der Waals surface area contributed by atoms with E-state index in [1.165, 1.54) is 4.31 Å². The molecule has 0 bridgehead atoms. The van der Waals surface area contributed by atoms with Crippen LogP contribution < -0.4 is 10.1 Å². The van der Waals surface area contributed by atoms with Crippen LogP contribution in [-0.4, -0.2) is 63.8 Å². The van der Waals surface area contributed by atoms with Gasteiger partial charge in [0.05, 0.1) is 19.0 Å². The van der Waals surface area contributed by atoms with Crippen molar-refractivity contribution in [2.75, 3.05) is 45.2 Å². The van der Waals surface area contributed by atoms with Crippen molar-refractivity contribution in [2.45, 2.75) is 13.8 Å². The van der Waals surface area contributed by atoms with Crippen LogP contribution in [0.5, 0.6) is 5.75 Å². The van der Waals surface area contributed by atoms with Gasteiger partial charge >= 0.3 is 0 Å². The van der Waals surface area contributed by atoms with Crippen molar-refractivity contribution < 1.29 is 22.7 Å². The lowest BCUT2D eigenvalue weighted by Crippen LogP contribution is -2.44. The summed E-state index contributed by atoms with van der Waals surface area (Å²) in [5, 5.41) is 2.57. The van der Waals surface area contributed by atoms with Gasteiger partial charge in [0.2, 0.25) is 10.0 Å². The second-order valence-electron chi connectivity index (χ2n) is 5.71. The first-order valence-electron chi connectivity index (χ1n) is 7.91. The third-order valence-corrected chi connectivity index (χ3v) is 5.77. The molecule has 0 saturated carbocycles. The smallest absolute Gasteiger partial charge is 0.257 e. The molecule has 8 heteroatoms. The van der Waals surface area contributed by atoms with Crippen molar-refractivity contribution in [3.05, 3.63) is 29.3 Å². The zero-order valence-electron chi connectivity index (χ0n) is 14.1. The predicted molar refractivity (Wildman–Crippen MR) is 90.6 cm³/mol. The molecule has 2 rings (SSSR count). The molecule has 1 saturated heterocycles. The monoisotopic (exact) mass is 356 g/mol. The van der Waals surface area contributed by atoms with Gasteiger partial charge in [0.15, 0.2) is 6.61 Å². The maximum absolute atomic E-state index is 12.1. The highest BCUT2D eigenvalue weighted by Gasteiger charge is 2.23. The number of hydrogen-bond donors (Lipinski definition) is 1. The average molecular weight is 356 g/mol. The summed E-state index contributed by atoms with van der Waals surface area (Å²) in [7, 11) is -3.36. The summed E-state index contributed by atoms with van der Waals surface area (Å²) < 4.78 is 36.2. The zero-order valence-corrected chi connectivity index (χ0v) is 14.9. The molecule has 24 heavy (non-hydrogen) atoms. The third-order valence-electron chi connectivity index (χ3n) is 3.89. The Balaban J connectivity index is 1.71. The molecule has 1 aromatic carbocycles. The van der Waals surface area contributed by atoms with Gasteiger partial charge in [-0.05, 0) is 37.1 Å². The average Bonchev–Trinajstić information content (AvgIpc) is 2.56. The number of sulfonamides is 1. The second-order valence-corrected chi connectivity index (χ2v) is 7.80. The first kappa shape index (κ1) is 18.7. The highest BCUT2D eigenvalue weighted by Crippen LogP contribution is 2.16. The van der Waals surface area contributed by atoms with Gasteiger partial charge in [-0.1, -0.05) is 6.07 Å². The number of hydrogen-bond acceptors (Lipinski definition) is 5. The Morgan fingerprint density at radius 3 is 2.62 bits per heavy atom. The number of amides is 1. The normalized spacial score (nSPS) is 15.9. The van der Waals surface area contributed by atoms with Gasteiger partial charge in [-0.2, -0.15) is 4.31 Å². The number of ether oxygens (including phenoxy) is 2. The first-order valence-corrected chi connectivity index (χ1v) is 9.52. The topological polar surface area (TPSA) is 84.9 Å². The lowest BCUT2D eigenvalue weighted by atomic mass is 10.1. The van der Waals surface area contributed by atoms with Crippen molar-refractivity contribution in [3.63, 3.8) is 0 Å². The number of aryl methyl sites for hydroxylation is 2. The summed E-state index contributed by atoms with van der Waals surface area (Å²) in [6.07, 6.45) is 0. The number of benzene rings is 1. The van der Waals surface area contributed by atoms with Gasteiger partial charge in [-0.25, -0.2) is 8.42 Å². The Labute approximate surface area is 143 Å². The van der Waals surface area contributed by atoms with Gasteiger partial charge in [0.1, 0.15) is 5.75 Å². The Bertz CT molecular complexity index is 669. The van der Waals surface area contributed by atoms with Crippen LogP contribution in [-0.2, 0) is 19.6 Å². The van der Waals surface area contributed by atoms with Crippen molar-refractivity contribution in [2.24, 2.45) is 0 Å². The zero-order chi connectivity index (χ0) is 17.6. The summed E-state index contributed by atoms with van der Waals surface area (Å²) >= 11 is 0. The number of carbonyl (C=O) groups is 1. The minimum Gasteiger partial charge on any atom is -0.484 e. The standard InChI is InChI=1S/C16H24N2O5S/c1-13-3-4-15(11-14(13)2)23-12-16(19)17-5-10-24(20,21)18-6-8-22-9-7-18/h3-4,11H,5-10,12H2,1-2H3,(H,17,19). The Morgan fingerprint density at radius 2 is 1.96 bits per heavy atom. The van der Waals surface area contributed by atoms with Crippen LogP contribution in [0.3, 0.4) is 0 Å². The van der Waals surface area contributed by atoms with E-state index in [-0.39, 0.29) is 24.8 Å². The minimum atomic E-state index is -3.36. The van der Waals surface area contributed by atoms with Crippen LogP contribution in [0.4, 0.5) is 0 Å². The summed E-state index contributed by atoms with van der Waals surface area (Å²) in [6, 6.07) is 5.60. The number of morpholine rings is 1. The van der Waals surface area contributed by atoms with Crippen molar-refractivity contribution in [1.29, 1.82) is 0 Å². The quantitative estimate of drug-likeness (QED) is 0.767. The Morgan fingerprint density at radius 1 is 1.25 bits per heavy atom. The van der Waals surface area contributed by atoms with E-state index in [9.17, 15) is 13.2 Å². The van der Waals surface area contributed by atoms with E-state index in [1.54, 1.807) is 6.07 Å². The fourth-order valence-electron chi connectivity index (χ4n) is 2.28. The minimum absolute atomic E-state index is 0.0643. The molecule has 1 aliphatic rings. The highest BCUT2D eigenvalue weighted by molar-refractivity contribution is 7.89. The van der Waals surface area contributed by atoms with Crippen molar-refractivity contribution in [1.82, 2.24) is 9.62 Å². The first-order chi connectivity index (χ1) is 11.4. The molecule has 0 aliphatic carbocycles. The maximum Gasteiger partial charge on any atom is 0.257 e. The van der Waals surface area contributed by atoms with Gasteiger partial charge < -0.3 is 14.8 Å². The third kappa shape index (κ3) is 5.47. The van der Waals surface area contributed by atoms with E-state index in [2.05, 4.69) is 5.32 Å². The molecule has 1 aromatic rings. The lowest BCUT2D eigenvalue weighted by molar-refractivity contribution is -0.122. The number of carbonyl (C=O) groups excluding carboxylic acids is 1. The molecule has 0 atom stereocenters. The fraction of sp³-hybridized carbons (Fsp3) is 0.562. The highest BCUT2D eigenvalue weighted by atomic mass is 32.2. The molecule has 1 N–H and O–H groups in total. The largest absolute Gasteiger partial charge is 0.484 e. The Hall–Kier alpha value is -1.64.